The van der Waals surface area contributed by atoms with Crippen molar-refractivity contribution in [3.8, 4) is 0 Å². The molecule has 3 heterocycles. The van der Waals surface area contributed by atoms with Crippen LogP contribution in [0.3, 0.4) is 0 Å². The Kier molecular flexibility index (Phi) is 8.05. The highest BCUT2D eigenvalue weighted by Gasteiger charge is 2.47. The molecule has 0 bridgehead atoms. The molecule has 0 spiro atoms. The van der Waals surface area contributed by atoms with Crippen LogP contribution >= 0.6 is 35.0 Å². The van der Waals surface area contributed by atoms with Crippen LogP contribution in [0.1, 0.15) is 37.1 Å². The molecule has 1 amide bonds. The molecule has 2 atom stereocenters. The van der Waals surface area contributed by atoms with Gasteiger partial charge in [0.25, 0.3) is 5.91 Å². The van der Waals surface area contributed by atoms with E-state index in [1.165, 1.54) is 18.9 Å². The number of thioether (sulfide) groups is 1. The van der Waals surface area contributed by atoms with Gasteiger partial charge in [0.05, 0.1) is 19.7 Å². The second kappa shape index (κ2) is 11.3. The van der Waals surface area contributed by atoms with Gasteiger partial charge >= 0.3 is 5.97 Å². The van der Waals surface area contributed by atoms with Crippen LogP contribution in [-0.4, -0.2) is 71.6 Å². The van der Waals surface area contributed by atoms with E-state index < -0.39 is 0 Å². The third-order valence-corrected chi connectivity index (χ3v) is 8.70. The molecule has 7 nitrogen and oxygen atoms in total. The van der Waals surface area contributed by atoms with Crippen molar-refractivity contribution >= 4 is 52.0 Å². The number of allylic oxidation sites excluding steroid dienone is 1. The molecule has 0 aliphatic carbocycles. The van der Waals surface area contributed by atoms with Gasteiger partial charge in [-0.05, 0) is 53.1 Å². The number of aliphatic imine (C=N–C) groups is 1. The van der Waals surface area contributed by atoms with Gasteiger partial charge in [0.2, 0.25) is 0 Å². The fourth-order valence-corrected chi connectivity index (χ4v) is 6.76. The van der Waals surface area contributed by atoms with Crippen LogP contribution < -0.4 is 0 Å². The third-order valence-electron chi connectivity index (χ3n) is 7.12. The smallest absolute Gasteiger partial charge is 0.319 e. The number of halogens is 2. The predicted molar refractivity (Wildman–Crippen MR) is 152 cm³/mol. The fraction of sp³-hybridized carbons (Fsp3) is 0.393. The molecule has 1 saturated heterocycles. The molecule has 200 valence electrons. The number of fused-ring (bicyclic) bond motifs is 1. The van der Waals surface area contributed by atoms with Crippen molar-refractivity contribution in [3.05, 3.63) is 80.3 Å². The van der Waals surface area contributed by atoms with E-state index in [-0.39, 0.29) is 36.4 Å². The van der Waals surface area contributed by atoms with Crippen molar-refractivity contribution in [2.24, 2.45) is 10.9 Å². The summed E-state index contributed by atoms with van der Waals surface area (Å²) in [5, 5.41) is 2.19. The van der Waals surface area contributed by atoms with Crippen molar-refractivity contribution in [1.29, 1.82) is 0 Å². The number of ether oxygens (including phenoxy) is 1. The number of methoxy groups -OCH3 is 1. The third kappa shape index (κ3) is 5.32. The standard InChI is InChI=1S/C28H30Cl2N4O3S/c1-17(2)24-26(27(36)33-14-12-32(13-15-33)16-22(35)37-3)38-28-31-23(18-4-8-20(29)9-5-18)25(34(24)28)19-6-10-21(30)11-7-19/h4-11,17,23,25H,12-16H2,1-3H3. The Balaban J connectivity index is 1.45. The van der Waals surface area contributed by atoms with Gasteiger partial charge in [-0.2, -0.15) is 0 Å². The van der Waals surface area contributed by atoms with Gasteiger partial charge in [0, 0.05) is 41.9 Å². The number of esters is 1. The van der Waals surface area contributed by atoms with Crippen molar-refractivity contribution < 1.29 is 14.3 Å². The number of amides is 1. The van der Waals surface area contributed by atoms with Crippen molar-refractivity contribution in [3.63, 3.8) is 0 Å². The van der Waals surface area contributed by atoms with Gasteiger partial charge in [0.1, 0.15) is 10.9 Å². The minimum Gasteiger partial charge on any atom is -0.468 e. The number of hydrogen-bond acceptors (Lipinski definition) is 7. The molecule has 5 rings (SSSR count). The van der Waals surface area contributed by atoms with Crippen LogP contribution in [0.15, 0.2) is 64.1 Å². The number of nitrogens with zero attached hydrogens (tertiary/aromatic N) is 4. The molecule has 2 aromatic carbocycles. The lowest BCUT2D eigenvalue weighted by Crippen LogP contribution is -2.50. The van der Waals surface area contributed by atoms with E-state index in [1.807, 2.05) is 58.3 Å². The lowest BCUT2D eigenvalue weighted by atomic mass is 9.92. The molecule has 0 aromatic heterocycles. The minimum absolute atomic E-state index is 0.0198. The largest absolute Gasteiger partial charge is 0.468 e. The van der Waals surface area contributed by atoms with Gasteiger partial charge in [-0.15, -0.1) is 0 Å². The highest BCUT2D eigenvalue weighted by molar-refractivity contribution is 8.18. The van der Waals surface area contributed by atoms with Crippen LogP contribution in [0.2, 0.25) is 10.0 Å². The zero-order valence-corrected chi connectivity index (χ0v) is 23.9. The molecule has 3 aliphatic rings. The summed E-state index contributed by atoms with van der Waals surface area (Å²) in [7, 11) is 1.39. The van der Waals surface area contributed by atoms with Crippen molar-refractivity contribution in [2.75, 3.05) is 39.8 Å². The first-order chi connectivity index (χ1) is 18.3. The van der Waals surface area contributed by atoms with Crippen molar-refractivity contribution in [2.45, 2.75) is 25.9 Å². The Bertz CT molecular complexity index is 1270. The second-order valence-corrected chi connectivity index (χ2v) is 11.7. The topological polar surface area (TPSA) is 65.5 Å². The molecule has 0 saturated carbocycles. The van der Waals surface area contributed by atoms with E-state index in [0.29, 0.717) is 36.2 Å². The lowest BCUT2D eigenvalue weighted by Gasteiger charge is -2.35. The van der Waals surface area contributed by atoms with Crippen LogP contribution in [0.25, 0.3) is 0 Å². The van der Waals surface area contributed by atoms with Crippen LogP contribution in [0, 0.1) is 5.92 Å². The van der Waals surface area contributed by atoms with E-state index in [1.54, 1.807) is 0 Å². The maximum atomic E-state index is 13.8. The summed E-state index contributed by atoms with van der Waals surface area (Å²) < 4.78 is 4.79. The van der Waals surface area contributed by atoms with Gasteiger partial charge < -0.3 is 14.5 Å². The monoisotopic (exact) mass is 572 g/mol. The first-order valence-corrected chi connectivity index (χ1v) is 14.2. The van der Waals surface area contributed by atoms with Gasteiger partial charge in [-0.3, -0.25) is 19.5 Å². The summed E-state index contributed by atoms with van der Waals surface area (Å²) in [4.78, 5) is 37.5. The van der Waals surface area contributed by atoms with Gasteiger partial charge in [0.15, 0.2) is 5.17 Å². The van der Waals surface area contributed by atoms with Crippen LogP contribution in [-0.2, 0) is 14.3 Å². The Labute approximate surface area is 237 Å². The maximum Gasteiger partial charge on any atom is 0.319 e. The number of piperazine rings is 1. The first-order valence-electron chi connectivity index (χ1n) is 12.6. The van der Waals surface area contributed by atoms with E-state index in [9.17, 15) is 9.59 Å². The molecule has 1 fully saturated rings. The molecule has 10 heteroatoms. The first kappa shape index (κ1) is 27.1. The van der Waals surface area contributed by atoms with E-state index in [4.69, 9.17) is 32.9 Å². The number of carbonyl (C=O) groups is 2. The van der Waals surface area contributed by atoms with Crippen LogP contribution in [0.5, 0.6) is 0 Å². The molecular weight excluding hydrogens is 543 g/mol. The number of amidine groups is 1. The zero-order chi connectivity index (χ0) is 27.0. The summed E-state index contributed by atoms with van der Waals surface area (Å²) in [5.41, 5.74) is 3.14. The maximum absolute atomic E-state index is 13.8. The summed E-state index contributed by atoms with van der Waals surface area (Å²) >= 11 is 13.9. The SMILES string of the molecule is COC(=O)CN1CCN(C(=O)C2=C(C(C)C)N3C(=NC(c4ccc(Cl)cc4)C3c3ccc(Cl)cc3)S2)CC1. The summed E-state index contributed by atoms with van der Waals surface area (Å²) in [6, 6.07) is 15.4. The number of carbonyl (C=O) groups excluding carboxylic acids is 2. The fourth-order valence-electron chi connectivity index (χ4n) is 5.19. The normalized spacial score (nSPS) is 21.7. The Hall–Kier alpha value is -2.52. The molecule has 0 N–H and O–H groups in total. The highest BCUT2D eigenvalue weighted by Crippen LogP contribution is 2.53. The molecule has 3 aliphatic heterocycles. The number of benzene rings is 2. The predicted octanol–water partition coefficient (Wildman–Crippen LogP) is 5.38. The zero-order valence-electron chi connectivity index (χ0n) is 21.6. The van der Waals surface area contributed by atoms with Gasteiger partial charge in [-0.1, -0.05) is 61.3 Å². The second-order valence-electron chi connectivity index (χ2n) is 9.89. The summed E-state index contributed by atoms with van der Waals surface area (Å²) in [6.45, 7) is 6.87. The van der Waals surface area contributed by atoms with Crippen molar-refractivity contribution in [1.82, 2.24) is 14.7 Å². The molecular formula is C28H30Cl2N4O3S. The Morgan fingerprint density at radius 2 is 1.55 bits per heavy atom. The number of rotatable bonds is 6. The molecule has 0 radical (unpaired) electrons. The molecule has 2 aromatic rings. The van der Waals surface area contributed by atoms with Crippen LogP contribution in [0.4, 0.5) is 0 Å². The van der Waals surface area contributed by atoms with E-state index in [2.05, 4.69) is 18.7 Å². The molecule has 2 unspecified atom stereocenters. The summed E-state index contributed by atoms with van der Waals surface area (Å²) in [6.07, 6.45) is 0. The highest BCUT2D eigenvalue weighted by atomic mass is 35.5. The Morgan fingerprint density at radius 1 is 0.974 bits per heavy atom. The quantitative estimate of drug-likeness (QED) is 0.433. The van der Waals surface area contributed by atoms with E-state index in [0.717, 1.165) is 26.9 Å². The lowest BCUT2D eigenvalue weighted by molar-refractivity contribution is -0.142. The summed E-state index contributed by atoms with van der Waals surface area (Å²) in [5.74, 6) is -0.136. The Morgan fingerprint density at radius 3 is 2.11 bits per heavy atom. The molecule has 38 heavy (non-hydrogen) atoms. The van der Waals surface area contributed by atoms with Gasteiger partial charge in [-0.25, -0.2) is 0 Å². The average molecular weight is 574 g/mol. The number of hydrogen-bond donors (Lipinski definition) is 0. The van der Waals surface area contributed by atoms with E-state index >= 15 is 0 Å². The minimum atomic E-state index is -0.261. The average Bonchev–Trinajstić information content (AvgIpc) is 3.46.